The second-order valence-corrected chi connectivity index (χ2v) is 6.03. The summed E-state index contributed by atoms with van der Waals surface area (Å²) in [5.74, 6) is -1.67. The molecule has 0 aliphatic carbocycles. The quantitative estimate of drug-likeness (QED) is 0.734. The summed E-state index contributed by atoms with van der Waals surface area (Å²) in [6.45, 7) is 2.41. The number of unbranched alkanes of at least 4 members (excludes halogenated alkanes) is 1. The maximum atomic E-state index is 13.0. The van der Waals surface area contributed by atoms with Gasteiger partial charge in [0.15, 0.2) is 11.3 Å². The van der Waals surface area contributed by atoms with Crippen molar-refractivity contribution >= 4 is 22.6 Å². The highest BCUT2D eigenvalue weighted by molar-refractivity contribution is 6.08. The standard InChI is InChI=1S/C18H19FN4O3/c1-3-4-9-23-13-10-22(2)21-15(13)16(24)14(18(23)26)17(25)20-12-7-5-11(19)6-8-12/h5-8,10,24H,3-4,9H2,1-2H3,(H,20,25). The lowest BCUT2D eigenvalue weighted by Crippen LogP contribution is -2.29. The van der Waals surface area contributed by atoms with Crippen LogP contribution in [0.5, 0.6) is 5.75 Å². The van der Waals surface area contributed by atoms with Crippen LogP contribution < -0.4 is 10.9 Å². The minimum atomic E-state index is -0.767. The van der Waals surface area contributed by atoms with E-state index in [1.165, 1.54) is 33.5 Å². The van der Waals surface area contributed by atoms with Gasteiger partial charge in [-0.1, -0.05) is 13.3 Å². The molecule has 136 valence electrons. The van der Waals surface area contributed by atoms with E-state index in [1.807, 2.05) is 6.92 Å². The molecule has 8 heteroatoms. The lowest BCUT2D eigenvalue weighted by molar-refractivity contribution is 0.102. The minimum Gasteiger partial charge on any atom is -0.505 e. The monoisotopic (exact) mass is 358 g/mol. The third kappa shape index (κ3) is 3.17. The molecular weight excluding hydrogens is 339 g/mol. The van der Waals surface area contributed by atoms with Crippen LogP contribution in [0, 0.1) is 5.82 Å². The van der Waals surface area contributed by atoms with E-state index in [1.54, 1.807) is 13.2 Å². The van der Waals surface area contributed by atoms with Crippen LogP contribution in [0.4, 0.5) is 10.1 Å². The second kappa shape index (κ2) is 6.99. The number of hydrogen-bond donors (Lipinski definition) is 2. The molecule has 7 nitrogen and oxygen atoms in total. The third-order valence-electron chi connectivity index (χ3n) is 4.08. The number of carbonyl (C=O) groups is 1. The smallest absolute Gasteiger partial charge is 0.267 e. The fraction of sp³-hybridized carbons (Fsp3) is 0.278. The number of aromatic nitrogens is 3. The van der Waals surface area contributed by atoms with Gasteiger partial charge in [-0.05, 0) is 30.7 Å². The largest absolute Gasteiger partial charge is 0.505 e. The highest BCUT2D eigenvalue weighted by Crippen LogP contribution is 2.26. The summed E-state index contributed by atoms with van der Waals surface area (Å²) >= 11 is 0. The summed E-state index contributed by atoms with van der Waals surface area (Å²) in [6.07, 6.45) is 3.24. The van der Waals surface area contributed by atoms with Crippen molar-refractivity contribution in [2.75, 3.05) is 5.32 Å². The highest BCUT2D eigenvalue weighted by Gasteiger charge is 2.24. The number of fused-ring (bicyclic) bond motifs is 1. The zero-order chi connectivity index (χ0) is 18.8. The lowest BCUT2D eigenvalue weighted by atomic mass is 10.2. The van der Waals surface area contributed by atoms with E-state index in [-0.39, 0.29) is 11.1 Å². The zero-order valence-electron chi connectivity index (χ0n) is 14.5. The summed E-state index contributed by atoms with van der Waals surface area (Å²) in [4.78, 5) is 25.5. The van der Waals surface area contributed by atoms with Gasteiger partial charge in [0.2, 0.25) is 0 Å². The molecule has 0 fully saturated rings. The first-order valence-electron chi connectivity index (χ1n) is 8.28. The molecule has 0 aliphatic rings. The van der Waals surface area contributed by atoms with E-state index in [4.69, 9.17) is 0 Å². The Morgan fingerprint density at radius 1 is 1.31 bits per heavy atom. The van der Waals surface area contributed by atoms with Crippen LogP contribution >= 0.6 is 0 Å². The summed E-state index contributed by atoms with van der Waals surface area (Å²) in [7, 11) is 1.67. The van der Waals surface area contributed by atoms with Crippen LogP contribution in [0.25, 0.3) is 11.0 Å². The van der Waals surface area contributed by atoms with E-state index >= 15 is 0 Å². The number of aromatic hydroxyl groups is 1. The Balaban J connectivity index is 2.10. The minimum absolute atomic E-state index is 0.187. The van der Waals surface area contributed by atoms with Gasteiger partial charge in [-0.3, -0.25) is 14.3 Å². The number of pyridine rings is 1. The molecule has 2 heterocycles. The number of anilines is 1. The van der Waals surface area contributed by atoms with Gasteiger partial charge in [0.1, 0.15) is 11.4 Å². The SMILES string of the molecule is CCCCn1c(=O)c(C(=O)Nc2ccc(F)cc2)c(O)c2nn(C)cc21. The number of nitrogens with one attached hydrogen (secondary N) is 1. The maximum Gasteiger partial charge on any atom is 0.267 e. The Labute approximate surface area is 148 Å². The predicted molar refractivity (Wildman–Crippen MR) is 95.9 cm³/mol. The van der Waals surface area contributed by atoms with Crippen LogP contribution in [0.2, 0.25) is 0 Å². The molecule has 26 heavy (non-hydrogen) atoms. The zero-order valence-corrected chi connectivity index (χ0v) is 14.5. The van der Waals surface area contributed by atoms with Gasteiger partial charge in [0.05, 0.1) is 5.52 Å². The summed E-state index contributed by atoms with van der Waals surface area (Å²) < 4.78 is 15.9. The van der Waals surface area contributed by atoms with Gasteiger partial charge >= 0.3 is 0 Å². The van der Waals surface area contributed by atoms with Gasteiger partial charge in [-0.15, -0.1) is 0 Å². The first kappa shape index (κ1) is 17.7. The Morgan fingerprint density at radius 3 is 2.65 bits per heavy atom. The Morgan fingerprint density at radius 2 is 2.00 bits per heavy atom. The molecule has 0 spiro atoms. The van der Waals surface area contributed by atoms with Crippen LogP contribution in [0.3, 0.4) is 0 Å². The van der Waals surface area contributed by atoms with Crippen molar-refractivity contribution in [3.8, 4) is 5.75 Å². The molecule has 0 saturated carbocycles. The topological polar surface area (TPSA) is 89.2 Å². The average Bonchev–Trinajstić information content (AvgIpc) is 2.99. The van der Waals surface area contributed by atoms with Crippen molar-refractivity contribution < 1.29 is 14.3 Å². The van der Waals surface area contributed by atoms with Crippen LogP contribution in [-0.2, 0) is 13.6 Å². The van der Waals surface area contributed by atoms with E-state index in [0.717, 1.165) is 12.8 Å². The summed E-state index contributed by atoms with van der Waals surface area (Å²) in [6, 6.07) is 5.13. The van der Waals surface area contributed by atoms with Gasteiger partial charge in [0, 0.05) is 25.5 Å². The van der Waals surface area contributed by atoms with Crippen LogP contribution in [0.15, 0.2) is 35.3 Å². The fourth-order valence-corrected chi connectivity index (χ4v) is 2.78. The molecular formula is C18H19FN4O3. The molecule has 0 unspecified atom stereocenters. The van der Waals surface area contributed by atoms with Crippen LogP contribution in [0.1, 0.15) is 30.1 Å². The second-order valence-electron chi connectivity index (χ2n) is 6.03. The van der Waals surface area contributed by atoms with Gasteiger partial charge < -0.3 is 15.0 Å². The van der Waals surface area contributed by atoms with Crippen molar-refractivity contribution in [2.45, 2.75) is 26.3 Å². The number of carbonyl (C=O) groups excluding carboxylic acids is 1. The average molecular weight is 358 g/mol. The summed E-state index contributed by atoms with van der Waals surface area (Å²) in [5, 5.41) is 17.1. The third-order valence-corrected chi connectivity index (χ3v) is 4.08. The number of hydrogen-bond acceptors (Lipinski definition) is 4. The normalized spacial score (nSPS) is 11.0. The predicted octanol–water partition coefficient (Wildman–Crippen LogP) is 2.63. The molecule has 2 N–H and O–H groups in total. The van der Waals surface area contributed by atoms with E-state index in [0.29, 0.717) is 17.7 Å². The van der Waals surface area contributed by atoms with Crippen molar-refractivity contribution in [1.82, 2.24) is 14.3 Å². The number of benzene rings is 1. The lowest BCUT2D eigenvalue weighted by Gasteiger charge is -2.12. The van der Waals surface area contributed by atoms with E-state index < -0.39 is 23.0 Å². The molecule has 3 aromatic rings. The van der Waals surface area contributed by atoms with Gasteiger partial charge in [-0.2, -0.15) is 5.10 Å². The van der Waals surface area contributed by atoms with Crippen molar-refractivity contribution in [2.24, 2.45) is 7.05 Å². The van der Waals surface area contributed by atoms with Crippen molar-refractivity contribution in [1.29, 1.82) is 0 Å². The molecule has 2 aromatic heterocycles. The number of amides is 1. The number of aryl methyl sites for hydroxylation is 2. The fourth-order valence-electron chi connectivity index (χ4n) is 2.78. The van der Waals surface area contributed by atoms with Gasteiger partial charge in [0.25, 0.3) is 11.5 Å². The molecule has 0 bridgehead atoms. The molecule has 0 radical (unpaired) electrons. The molecule has 1 amide bonds. The Kier molecular flexibility index (Phi) is 4.75. The number of rotatable bonds is 5. The van der Waals surface area contributed by atoms with Crippen LogP contribution in [-0.4, -0.2) is 25.4 Å². The Bertz CT molecular complexity index is 1020. The van der Waals surface area contributed by atoms with Crippen molar-refractivity contribution in [3.05, 3.63) is 52.2 Å². The first-order chi connectivity index (χ1) is 12.4. The van der Waals surface area contributed by atoms with E-state index in [2.05, 4.69) is 10.4 Å². The van der Waals surface area contributed by atoms with E-state index in [9.17, 15) is 19.1 Å². The van der Waals surface area contributed by atoms with Gasteiger partial charge in [-0.25, -0.2) is 4.39 Å². The highest BCUT2D eigenvalue weighted by atomic mass is 19.1. The molecule has 0 aliphatic heterocycles. The maximum absolute atomic E-state index is 13.0. The first-order valence-corrected chi connectivity index (χ1v) is 8.28. The number of nitrogens with zero attached hydrogens (tertiary/aromatic N) is 3. The number of halogens is 1. The summed E-state index contributed by atoms with van der Waals surface area (Å²) in [5.41, 5.74) is 0.0124. The molecule has 3 rings (SSSR count). The molecule has 1 aromatic carbocycles. The van der Waals surface area contributed by atoms with Crippen molar-refractivity contribution in [3.63, 3.8) is 0 Å². The molecule has 0 atom stereocenters. The molecule has 0 saturated heterocycles. The Hall–Kier alpha value is -3.16.